The number of rotatable bonds is 9. The molecule has 0 saturated carbocycles. The van der Waals surface area contributed by atoms with Gasteiger partial charge in [-0.05, 0) is 49.2 Å². The molecular weight excluding hydrogens is 456 g/mol. The highest BCUT2D eigenvalue weighted by Crippen LogP contribution is 2.34. The van der Waals surface area contributed by atoms with Gasteiger partial charge in [-0.3, -0.25) is 9.59 Å². The van der Waals surface area contributed by atoms with E-state index in [2.05, 4.69) is 10.6 Å². The number of benzene rings is 2. The molecule has 1 atom stereocenters. The number of esters is 1. The minimum atomic E-state index is -0.643. The van der Waals surface area contributed by atoms with Crippen molar-refractivity contribution < 1.29 is 28.6 Å². The van der Waals surface area contributed by atoms with Gasteiger partial charge in [0.1, 0.15) is 16.5 Å². The monoisotopic (exact) mass is 482 g/mol. The quantitative estimate of drug-likeness (QED) is 0.439. The zero-order valence-electron chi connectivity index (χ0n) is 19.3. The van der Waals surface area contributed by atoms with Gasteiger partial charge in [0, 0.05) is 0 Å². The van der Waals surface area contributed by atoms with E-state index in [9.17, 15) is 14.4 Å². The van der Waals surface area contributed by atoms with Gasteiger partial charge < -0.3 is 24.8 Å². The maximum Gasteiger partial charge on any atom is 0.341 e. The number of ether oxygens (including phenoxy) is 3. The second kappa shape index (κ2) is 11.3. The molecule has 3 aromatic rings. The summed E-state index contributed by atoms with van der Waals surface area (Å²) in [5, 5.41) is 5.83. The average Bonchev–Trinajstić information content (AvgIpc) is 3.18. The van der Waals surface area contributed by atoms with Crippen molar-refractivity contribution in [1.29, 1.82) is 0 Å². The highest BCUT2D eigenvalue weighted by molar-refractivity contribution is 7.18. The lowest BCUT2D eigenvalue weighted by molar-refractivity contribution is -0.118. The highest BCUT2D eigenvalue weighted by Gasteiger charge is 2.27. The largest absolute Gasteiger partial charge is 0.497 e. The fourth-order valence-corrected chi connectivity index (χ4v) is 4.35. The predicted molar refractivity (Wildman–Crippen MR) is 130 cm³/mol. The Morgan fingerprint density at radius 1 is 0.971 bits per heavy atom. The van der Waals surface area contributed by atoms with E-state index in [1.165, 1.54) is 7.11 Å². The molecule has 0 spiro atoms. The molecule has 0 aliphatic carbocycles. The smallest absolute Gasteiger partial charge is 0.341 e. The Kier molecular flexibility index (Phi) is 8.26. The lowest BCUT2D eigenvalue weighted by Crippen LogP contribution is -2.26. The lowest BCUT2D eigenvalue weighted by Gasteiger charge is -2.14. The molecule has 0 radical (unpaired) electrons. The zero-order valence-corrected chi connectivity index (χ0v) is 20.2. The molecular formula is C25H26N2O6S. The molecule has 9 heteroatoms. The van der Waals surface area contributed by atoms with Crippen LogP contribution in [0.5, 0.6) is 11.5 Å². The molecule has 3 rings (SSSR count). The summed E-state index contributed by atoms with van der Waals surface area (Å²) in [6, 6.07) is 16.1. The molecule has 178 valence electrons. The average molecular weight is 483 g/mol. The van der Waals surface area contributed by atoms with Crippen LogP contribution in [0.2, 0.25) is 0 Å². The molecule has 0 aliphatic rings. The summed E-state index contributed by atoms with van der Waals surface area (Å²) in [7, 11) is 2.80. The van der Waals surface area contributed by atoms with Crippen LogP contribution in [0.15, 0.2) is 54.6 Å². The number of anilines is 1. The van der Waals surface area contributed by atoms with Crippen molar-refractivity contribution in [2.45, 2.75) is 19.9 Å². The van der Waals surface area contributed by atoms with Crippen LogP contribution in [0.3, 0.4) is 0 Å². The van der Waals surface area contributed by atoms with Gasteiger partial charge in [0.2, 0.25) is 0 Å². The Bertz CT molecular complexity index is 1160. The lowest BCUT2D eigenvalue weighted by atomic mass is 10.1. The summed E-state index contributed by atoms with van der Waals surface area (Å²) in [5.41, 5.74) is 1.52. The SMILES string of the molecule is COC(=O)c1c(NC(=O)COc2ccc(OC)cc2)sc(C(=O)NC(C)c2ccccc2)c1C. The van der Waals surface area contributed by atoms with Crippen LogP contribution in [0.4, 0.5) is 5.00 Å². The Morgan fingerprint density at radius 2 is 1.62 bits per heavy atom. The van der Waals surface area contributed by atoms with Crippen LogP contribution < -0.4 is 20.1 Å². The molecule has 34 heavy (non-hydrogen) atoms. The van der Waals surface area contributed by atoms with E-state index in [0.717, 1.165) is 16.9 Å². The third-order valence-electron chi connectivity index (χ3n) is 5.07. The van der Waals surface area contributed by atoms with Gasteiger partial charge in [-0.2, -0.15) is 0 Å². The van der Waals surface area contributed by atoms with E-state index >= 15 is 0 Å². The van der Waals surface area contributed by atoms with Gasteiger partial charge in [-0.1, -0.05) is 30.3 Å². The summed E-state index contributed by atoms with van der Waals surface area (Å²) in [6.07, 6.45) is 0. The number of carbonyl (C=O) groups excluding carboxylic acids is 3. The minimum Gasteiger partial charge on any atom is -0.497 e. The van der Waals surface area contributed by atoms with E-state index < -0.39 is 11.9 Å². The Hall–Kier alpha value is -3.85. The first kappa shape index (κ1) is 24.8. The van der Waals surface area contributed by atoms with Crippen molar-refractivity contribution in [2.75, 3.05) is 26.1 Å². The van der Waals surface area contributed by atoms with Crippen molar-refractivity contribution in [2.24, 2.45) is 0 Å². The maximum atomic E-state index is 13.0. The molecule has 1 heterocycles. The normalized spacial score (nSPS) is 11.3. The molecule has 0 fully saturated rings. The van der Waals surface area contributed by atoms with Crippen molar-refractivity contribution in [1.82, 2.24) is 5.32 Å². The topological polar surface area (TPSA) is 103 Å². The van der Waals surface area contributed by atoms with Gasteiger partial charge in [-0.15, -0.1) is 11.3 Å². The number of amides is 2. The van der Waals surface area contributed by atoms with Crippen LogP contribution in [-0.2, 0) is 9.53 Å². The van der Waals surface area contributed by atoms with Gasteiger partial charge in [0.05, 0.1) is 30.7 Å². The molecule has 0 aliphatic heterocycles. The number of methoxy groups -OCH3 is 2. The molecule has 2 amide bonds. The van der Waals surface area contributed by atoms with Crippen molar-refractivity contribution in [3.63, 3.8) is 0 Å². The van der Waals surface area contributed by atoms with E-state index in [-0.39, 0.29) is 29.1 Å². The highest BCUT2D eigenvalue weighted by atomic mass is 32.1. The molecule has 1 aromatic heterocycles. The van der Waals surface area contributed by atoms with E-state index in [0.29, 0.717) is 21.9 Å². The third-order valence-corrected chi connectivity index (χ3v) is 6.28. The molecule has 2 N–H and O–H groups in total. The summed E-state index contributed by atoms with van der Waals surface area (Å²) in [5.74, 6) is -0.316. The molecule has 0 saturated heterocycles. The Morgan fingerprint density at radius 3 is 2.24 bits per heavy atom. The standard InChI is InChI=1S/C25H26N2O6S/c1-15-21(25(30)32-4)24(27-20(28)14-33-19-12-10-18(31-3)11-13-19)34-22(15)23(29)26-16(2)17-8-6-5-7-9-17/h5-13,16H,14H2,1-4H3,(H,26,29)(H,27,28). The second-order valence-electron chi connectivity index (χ2n) is 7.37. The second-order valence-corrected chi connectivity index (χ2v) is 8.39. The van der Waals surface area contributed by atoms with Crippen molar-refractivity contribution >= 4 is 34.1 Å². The minimum absolute atomic E-state index is 0.141. The summed E-state index contributed by atoms with van der Waals surface area (Å²) in [6.45, 7) is 3.24. The fraction of sp³-hybridized carbons (Fsp3) is 0.240. The van der Waals surface area contributed by atoms with Gasteiger partial charge >= 0.3 is 5.97 Å². The van der Waals surface area contributed by atoms with Crippen LogP contribution in [0.1, 0.15) is 44.1 Å². The number of hydrogen-bond acceptors (Lipinski definition) is 7. The van der Waals surface area contributed by atoms with Crippen molar-refractivity contribution in [3.05, 3.63) is 76.2 Å². The zero-order chi connectivity index (χ0) is 24.7. The number of hydrogen-bond donors (Lipinski definition) is 2. The first-order chi connectivity index (χ1) is 16.3. The van der Waals surface area contributed by atoms with E-state index in [1.807, 2.05) is 37.3 Å². The molecule has 2 aromatic carbocycles. The van der Waals surface area contributed by atoms with Gasteiger partial charge in [0.25, 0.3) is 11.8 Å². The number of carbonyl (C=O) groups is 3. The number of thiophene rings is 1. The van der Waals surface area contributed by atoms with Crippen LogP contribution >= 0.6 is 11.3 Å². The predicted octanol–water partition coefficient (Wildman–Crippen LogP) is 4.36. The molecule has 8 nitrogen and oxygen atoms in total. The Labute approximate surface area is 201 Å². The van der Waals surface area contributed by atoms with E-state index in [4.69, 9.17) is 14.2 Å². The third kappa shape index (κ3) is 5.93. The summed E-state index contributed by atoms with van der Waals surface area (Å²) < 4.78 is 15.5. The van der Waals surface area contributed by atoms with Gasteiger partial charge in [0.15, 0.2) is 6.61 Å². The first-order valence-electron chi connectivity index (χ1n) is 10.5. The Balaban J connectivity index is 1.74. The summed E-state index contributed by atoms with van der Waals surface area (Å²) in [4.78, 5) is 38.2. The van der Waals surface area contributed by atoms with Crippen molar-refractivity contribution in [3.8, 4) is 11.5 Å². The van der Waals surface area contributed by atoms with E-state index in [1.54, 1.807) is 38.3 Å². The summed E-state index contributed by atoms with van der Waals surface area (Å²) >= 11 is 1.01. The maximum absolute atomic E-state index is 13.0. The van der Waals surface area contributed by atoms with Gasteiger partial charge in [-0.25, -0.2) is 4.79 Å². The number of nitrogens with one attached hydrogen (secondary N) is 2. The first-order valence-corrected chi connectivity index (χ1v) is 11.3. The fourth-order valence-electron chi connectivity index (χ4n) is 3.24. The van der Waals surface area contributed by atoms with Crippen LogP contribution in [0.25, 0.3) is 0 Å². The molecule has 1 unspecified atom stereocenters. The van der Waals surface area contributed by atoms with Crippen LogP contribution in [-0.4, -0.2) is 38.6 Å². The molecule has 0 bridgehead atoms. The van der Waals surface area contributed by atoms with Crippen LogP contribution in [0, 0.1) is 6.92 Å².